The smallest absolute Gasteiger partial charge is 0.0911 e. The first-order chi connectivity index (χ1) is 22.4. The van der Waals surface area contributed by atoms with Crippen molar-refractivity contribution in [3.63, 3.8) is 0 Å². The lowest BCUT2D eigenvalue weighted by atomic mass is 9.36. The van der Waals surface area contributed by atoms with E-state index in [9.17, 15) is 0 Å². The van der Waals surface area contributed by atoms with Crippen LogP contribution < -0.4 is 16.4 Å². The molecule has 0 bridgehead atoms. The van der Waals surface area contributed by atoms with Crippen LogP contribution in [-0.4, -0.2) is 6.71 Å². The van der Waals surface area contributed by atoms with Crippen LogP contribution >= 0.6 is 23.5 Å². The molecule has 0 spiro atoms. The third kappa shape index (κ3) is 3.53. The van der Waals surface area contributed by atoms with Crippen LogP contribution in [0.25, 0.3) is 43.8 Å². The summed E-state index contributed by atoms with van der Waals surface area (Å²) < 4.78 is 42.8. The summed E-state index contributed by atoms with van der Waals surface area (Å²) in [5, 5.41) is 3.67. The summed E-state index contributed by atoms with van der Waals surface area (Å²) in [7, 11) is 0. The molecule has 7 aromatic carbocycles. The van der Waals surface area contributed by atoms with Crippen molar-refractivity contribution >= 4 is 68.2 Å². The Labute approximate surface area is 255 Å². The second kappa shape index (κ2) is 9.17. The van der Waals surface area contributed by atoms with Crippen molar-refractivity contribution in [3.8, 4) is 22.3 Å². The Morgan fingerprint density at radius 1 is 0.463 bits per heavy atom. The van der Waals surface area contributed by atoms with E-state index in [-0.39, 0.29) is 42.5 Å². The lowest BCUT2D eigenvalue weighted by Gasteiger charge is -2.33. The second-order valence-electron chi connectivity index (χ2n) is 10.4. The average molecular weight is 560 g/mol. The summed E-state index contributed by atoms with van der Waals surface area (Å²) in [5.74, 6) is 0. The highest BCUT2D eigenvalue weighted by Gasteiger charge is 2.38. The molecule has 2 heterocycles. The van der Waals surface area contributed by atoms with E-state index >= 15 is 0 Å². The molecule has 2 aliphatic heterocycles. The van der Waals surface area contributed by atoms with Gasteiger partial charge in [0.05, 0.1) is 6.85 Å². The largest absolute Gasteiger partial charge is 0.247 e. The van der Waals surface area contributed by atoms with E-state index in [1.165, 1.54) is 36.0 Å². The van der Waals surface area contributed by atoms with Gasteiger partial charge in [-0.2, -0.15) is 0 Å². The fourth-order valence-corrected chi connectivity index (χ4v) is 9.11. The topological polar surface area (TPSA) is 0 Å². The summed E-state index contributed by atoms with van der Waals surface area (Å²) in [4.78, 5) is 5.05. The molecule has 0 unspecified atom stereocenters. The Bertz CT molecular complexity index is 2300. The summed E-state index contributed by atoms with van der Waals surface area (Å²) >= 11 is 3.66. The van der Waals surface area contributed by atoms with Crippen LogP contribution in [0.3, 0.4) is 0 Å². The number of benzene rings is 7. The van der Waals surface area contributed by atoms with Crippen LogP contribution in [0.5, 0.6) is 0 Å². The molecule has 0 radical (unpaired) electrons. The number of hydrogen-bond donors (Lipinski definition) is 0. The number of hydrogen-bond acceptors (Lipinski definition) is 2. The van der Waals surface area contributed by atoms with E-state index in [2.05, 4.69) is 72.8 Å². The molecule has 0 saturated carbocycles. The van der Waals surface area contributed by atoms with Crippen LogP contribution in [-0.2, 0) is 0 Å². The van der Waals surface area contributed by atoms with Crippen molar-refractivity contribution in [1.82, 2.24) is 0 Å². The Kier molecular flexibility index (Phi) is 4.26. The van der Waals surface area contributed by atoms with Crippen molar-refractivity contribution in [1.29, 1.82) is 0 Å². The highest BCUT2D eigenvalue weighted by molar-refractivity contribution is 8.01. The van der Waals surface area contributed by atoms with Gasteiger partial charge in [0, 0.05) is 19.6 Å². The molecule has 3 heteroatoms. The van der Waals surface area contributed by atoms with Crippen LogP contribution in [0.15, 0.2) is 159 Å². The van der Waals surface area contributed by atoms with Gasteiger partial charge in [0.1, 0.15) is 0 Å². The fourth-order valence-electron chi connectivity index (χ4n) is 6.62. The van der Waals surface area contributed by atoms with E-state index < -0.39 is 0 Å². The Balaban J connectivity index is 1.37. The van der Waals surface area contributed by atoms with Gasteiger partial charge in [-0.3, -0.25) is 0 Å². The van der Waals surface area contributed by atoms with Gasteiger partial charge >= 0.3 is 0 Å². The quantitative estimate of drug-likeness (QED) is 0.153. The van der Waals surface area contributed by atoms with Crippen molar-refractivity contribution in [2.45, 2.75) is 19.6 Å². The molecule has 0 aromatic heterocycles. The Hall–Kier alpha value is -4.18. The monoisotopic (exact) mass is 559 g/mol. The minimum atomic E-state index is -0.386. The maximum absolute atomic E-state index is 8.86. The van der Waals surface area contributed by atoms with Crippen LogP contribution in [0, 0.1) is 0 Å². The molecule has 41 heavy (non-hydrogen) atoms. The normalized spacial score (nSPS) is 14.8. The Morgan fingerprint density at radius 3 is 1.41 bits per heavy atom. The van der Waals surface area contributed by atoms with E-state index in [0.29, 0.717) is 5.56 Å². The molecule has 0 fully saturated rings. The molecule has 0 nitrogen and oxygen atoms in total. The highest BCUT2D eigenvalue weighted by atomic mass is 32.2. The first-order valence-electron chi connectivity index (χ1n) is 16.1. The lowest BCUT2D eigenvalue weighted by Crippen LogP contribution is -2.57. The predicted octanol–water partition coefficient (Wildman–Crippen LogP) is 8.77. The first-order valence-corrected chi connectivity index (χ1v) is 15.3. The molecule has 0 atom stereocenters. The van der Waals surface area contributed by atoms with E-state index in [1.807, 2.05) is 59.9 Å². The van der Waals surface area contributed by atoms with Gasteiger partial charge in [0.15, 0.2) is 0 Å². The van der Waals surface area contributed by atoms with E-state index in [4.69, 9.17) is 6.85 Å². The third-order valence-electron chi connectivity index (χ3n) is 8.26. The molecule has 0 N–H and O–H groups in total. The Morgan fingerprint density at radius 2 is 0.902 bits per heavy atom. The summed E-state index contributed by atoms with van der Waals surface area (Å²) in [5.41, 5.74) is 7.13. The maximum atomic E-state index is 8.86. The predicted molar refractivity (Wildman–Crippen MR) is 178 cm³/mol. The maximum Gasteiger partial charge on any atom is 0.247 e. The van der Waals surface area contributed by atoms with Crippen LogP contribution in [0.4, 0.5) is 0 Å². The molecule has 2 aliphatic rings. The van der Waals surface area contributed by atoms with E-state index in [1.54, 1.807) is 0 Å². The number of rotatable bonds is 2. The van der Waals surface area contributed by atoms with Crippen molar-refractivity contribution < 1.29 is 6.85 Å². The zero-order valence-electron chi connectivity index (χ0n) is 26.8. The zero-order chi connectivity index (χ0) is 31.3. The van der Waals surface area contributed by atoms with E-state index in [0.717, 1.165) is 32.7 Å². The van der Waals surface area contributed by atoms with Crippen LogP contribution in [0.1, 0.15) is 6.85 Å². The van der Waals surface area contributed by atoms with Gasteiger partial charge in [-0.05, 0) is 73.5 Å². The standard InChI is InChI=1S/C38H23BS2/c1-2-12-24(13-3-1)36-26-14-4-6-16-28(26)37(29-17-7-5-15-27(29)36)25-22-34-38-35(23-25)41-33-21-11-9-19-31(33)39(38)30-18-8-10-20-32(30)40-34/h1-23H/i1D,2D,3D,12D,13D. The van der Waals surface area contributed by atoms with Gasteiger partial charge in [-0.15, -0.1) is 0 Å². The van der Waals surface area contributed by atoms with Gasteiger partial charge in [0.2, 0.25) is 6.71 Å². The van der Waals surface area contributed by atoms with Crippen LogP contribution in [0.2, 0.25) is 0 Å². The lowest BCUT2D eigenvalue weighted by molar-refractivity contribution is 1.33. The zero-order valence-corrected chi connectivity index (χ0v) is 23.4. The molecule has 0 amide bonds. The van der Waals surface area contributed by atoms with Gasteiger partial charge in [-0.1, -0.05) is 150 Å². The molecule has 0 aliphatic carbocycles. The van der Waals surface area contributed by atoms with Gasteiger partial charge in [0.25, 0.3) is 0 Å². The van der Waals surface area contributed by atoms with Crippen molar-refractivity contribution in [2.75, 3.05) is 0 Å². The summed E-state index contributed by atoms with van der Waals surface area (Å²) in [6.45, 7) is 0.175. The molecular weight excluding hydrogens is 531 g/mol. The highest BCUT2D eigenvalue weighted by Crippen LogP contribution is 2.46. The minimum absolute atomic E-state index is 0.175. The molecule has 0 saturated heterocycles. The number of fused-ring (bicyclic) bond motifs is 6. The fraction of sp³-hybridized carbons (Fsp3) is 0. The summed E-state index contributed by atoms with van der Waals surface area (Å²) in [6, 6.07) is 36.9. The van der Waals surface area contributed by atoms with Gasteiger partial charge in [-0.25, -0.2) is 0 Å². The molecule has 9 rings (SSSR count). The molecule has 7 aromatic rings. The van der Waals surface area contributed by atoms with Crippen molar-refractivity contribution in [3.05, 3.63) is 139 Å². The molecular formula is C38H23BS2. The third-order valence-corrected chi connectivity index (χ3v) is 10.6. The minimum Gasteiger partial charge on any atom is -0.0911 e. The SMILES string of the molecule is [2H]c1c([2H])c([2H])c(-c2c3ccccc3c(-c3cc4c5c(c3)Sc3ccccc3B5c3ccccc3S4)c3ccccc23)c([2H])c1[2H]. The molecule has 190 valence electrons. The first kappa shape index (κ1) is 19.0. The second-order valence-corrected chi connectivity index (χ2v) is 12.6. The van der Waals surface area contributed by atoms with Gasteiger partial charge < -0.3 is 0 Å². The average Bonchev–Trinajstić information content (AvgIpc) is 3.09. The van der Waals surface area contributed by atoms with Crippen molar-refractivity contribution in [2.24, 2.45) is 0 Å². The summed E-state index contributed by atoms with van der Waals surface area (Å²) in [6.07, 6.45) is 0.